The number of fused-ring (bicyclic) bond motifs is 1. The van der Waals surface area contributed by atoms with Crippen molar-refractivity contribution in [2.75, 3.05) is 31.1 Å². The predicted molar refractivity (Wildman–Crippen MR) is 90.6 cm³/mol. The number of nitrogens with zero attached hydrogens (tertiary/aromatic N) is 1. The van der Waals surface area contributed by atoms with E-state index >= 15 is 0 Å². The predicted octanol–water partition coefficient (Wildman–Crippen LogP) is 1.29. The van der Waals surface area contributed by atoms with Crippen molar-refractivity contribution < 1.29 is 14.3 Å². The first-order chi connectivity index (χ1) is 11.0. The van der Waals surface area contributed by atoms with Gasteiger partial charge in [0, 0.05) is 10.5 Å². The van der Waals surface area contributed by atoms with Gasteiger partial charge >= 0.3 is 0 Å². The van der Waals surface area contributed by atoms with Crippen LogP contribution in [0.25, 0.3) is 0 Å². The van der Waals surface area contributed by atoms with Crippen molar-refractivity contribution in [2.45, 2.75) is 19.4 Å². The molecule has 23 heavy (non-hydrogen) atoms. The minimum absolute atomic E-state index is 0.0213. The number of halogens is 1. The summed E-state index contributed by atoms with van der Waals surface area (Å²) in [7, 11) is 0. The second-order valence-corrected chi connectivity index (χ2v) is 6.94. The quantitative estimate of drug-likeness (QED) is 0.827. The monoisotopic (exact) mass is 381 g/mol. The molecule has 1 saturated heterocycles. The van der Waals surface area contributed by atoms with Crippen LogP contribution < -0.4 is 20.3 Å². The Bertz CT molecular complexity index is 623. The SMILES string of the molecule is CC1CNCCC1NC(=O)CN1C(=O)COc2cc(Br)ccc21. The van der Waals surface area contributed by atoms with Gasteiger partial charge in [-0.15, -0.1) is 0 Å². The number of benzene rings is 1. The zero-order valence-electron chi connectivity index (χ0n) is 13.0. The van der Waals surface area contributed by atoms with Crippen LogP contribution in [-0.2, 0) is 9.59 Å². The van der Waals surface area contributed by atoms with Crippen LogP contribution in [0.1, 0.15) is 13.3 Å². The Morgan fingerprint density at radius 2 is 2.35 bits per heavy atom. The fourth-order valence-corrected chi connectivity index (χ4v) is 3.32. The molecule has 2 atom stereocenters. The molecule has 7 heteroatoms. The Morgan fingerprint density at radius 3 is 3.13 bits per heavy atom. The van der Waals surface area contributed by atoms with Gasteiger partial charge < -0.3 is 15.4 Å². The zero-order valence-corrected chi connectivity index (χ0v) is 14.6. The van der Waals surface area contributed by atoms with Gasteiger partial charge in [-0.2, -0.15) is 0 Å². The molecular weight excluding hydrogens is 362 g/mol. The Kier molecular flexibility index (Phi) is 4.87. The zero-order chi connectivity index (χ0) is 16.4. The Labute approximate surface area is 143 Å². The maximum Gasteiger partial charge on any atom is 0.265 e. The number of hydrogen-bond acceptors (Lipinski definition) is 4. The van der Waals surface area contributed by atoms with E-state index < -0.39 is 0 Å². The number of rotatable bonds is 3. The number of ether oxygens (including phenoxy) is 1. The van der Waals surface area contributed by atoms with Crippen molar-refractivity contribution in [1.82, 2.24) is 10.6 Å². The van der Waals surface area contributed by atoms with Crippen LogP contribution in [0.4, 0.5) is 5.69 Å². The van der Waals surface area contributed by atoms with Gasteiger partial charge in [-0.1, -0.05) is 22.9 Å². The lowest BCUT2D eigenvalue weighted by atomic mass is 9.95. The summed E-state index contributed by atoms with van der Waals surface area (Å²) < 4.78 is 6.31. The Balaban J connectivity index is 1.69. The number of carbonyl (C=O) groups excluding carboxylic acids is 2. The lowest BCUT2D eigenvalue weighted by Gasteiger charge is -2.32. The normalized spacial score (nSPS) is 23.9. The number of nitrogens with one attached hydrogen (secondary N) is 2. The number of piperidine rings is 1. The highest BCUT2D eigenvalue weighted by molar-refractivity contribution is 9.10. The molecule has 2 aliphatic rings. The maximum atomic E-state index is 12.4. The van der Waals surface area contributed by atoms with Crippen molar-refractivity contribution in [3.8, 4) is 5.75 Å². The number of hydrogen-bond donors (Lipinski definition) is 2. The van der Waals surface area contributed by atoms with Crippen LogP contribution in [0.15, 0.2) is 22.7 Å². The van der Waals surface area contributed by atoms with E-state index in [2.05, 4.69) is 33.5 Å². The minimum Gasteiger partial charge on any atom is -0.482 e. The van der Waals surface area contributed by atoms with Gasteiger partial charge in [0.15, 0.2) is 6.61 Å². The number of anilines is 1. The topological polar surface area (TPSA) is 70.7 Å². The molecule has 1 aromatic rings. The van der Waals surface area contributed by atoms with E-state index in [4.69, 9.17) is 4.74 Å². The summed E-state index contributed by atoms with van der Waals surface area (Å²) in [5.41, 5.74) is 0.637. The van der Waals surface area contributed by atoms with Crippen LogP contribution in [0.5, 0.6) is 5.75 Å². The van der Waals surface area contributed by atoms with Gasteiger partial charge in [-0.25, -0.2) is 0 Å². The van der Waals surface area contributed by atoms with Crippen molar-refractivity contribution in [3.63, 3.8) is 0 Å². The molecule has 2 N–H and O–H groups in total. The Hall–Kier alpha value is -1.60. The average molecular weight is 382 g/mol. The van der Waals surface area contributed by atoms with Crippen LogP contribution in [0.3, 0.4) is 0 Å². The minimum atomic E-state index is -0.201. The maximum absolute atomic E-state index is 12.4. The summed E-state index contributed by atoms with van der Waals surface area (Å²) in [6.07, 6.45) is 0.910. The van der Waals surface area contributed by atoms with E-state index in [9.17, 15) is 9.59 Å². The second-order valence-electron chi connectivity index (χ2n) is 6.02. The van der Waals surface area contributed by atoms with Gasteiger partial charge in [0.2, 0.25) is 5.91 Å². The summed E-state index contributed by atoms with van der Waals surface area (Å²) in [6.45, 7) is 3.90. The summed E-state index contributed by atoms with van der Waals surface area (Å²) in [5, 5.41) is 6.36. The van der Waals surface area contributed by atoms with E-state index in [1.165, 1.54) is 4.90 Å². The molecule has 0 saturated carbocycles. The molecule has 2 unspecified atom stereocenters. The molecule has 1 aromatic carbocycles. The Morgan fingerprint density at radius 1 is 1.52 bits per heavy atom. The lowest BCUT2D eigenvalue weighted by molar-refractivity contribution is -0.126. The molecule has 0 aliphatic carbocycles. The van der Waals surface area contributed by atoms with Gasteiger partial charge in [0.25, 0.3) is 5.91 Å². The first kappa shape index (κ1) is 16.3. The molecule has 6 nitrogen and oxygen atoms in total. The summed E-state index contributed by atoms with van der Waals surface area (Å²) in [6, 6.07) is 5.59. The first-order valence-corrected chi connectivity index (χ1v) is 8.56. The molecule has 0 aromatic heterocycles. The fraction of sp³-hybridized carbons (Fsp3) is 0.500. The molecular formula is C16H20BrN3O3. The molecule has 124 valence electrons. The van der Waals surface area contributed by atoms with Gasteiger partial charge in [0.05, 0.1) is 5.69 Å². The van der Waals surface area contributed by atoms with Crippen LogP contribution in [-0.4, -0.2) is 44.1 Å². The van der Waals surface area contributed by atoms with E-state index in [0.717, 1.165) is 24.0 Å². The van der Waals surface area contributed by atoms with E-state index in [1.807, 2.05) is 12.1 Å². The lowest BCUT2D eigenvalue weighted by Crippen LogP contribution is -2.52. The van der Waals surface area contributed by atoms with Crippen LogP contribution in [0.2, 0.25) is 0 Å². The first-order valence-electron chi connectivity index (χ1n) is 7.77. The van der Waals surface area contributed by atoms with Gasteiger partial charge in [-0.05, 0) is 43.6 Å². The highest BCUT2D eigenvalue weighted by atomic mass is 79.9. The third kappa shape index (κ3) is 3.67. The summed E-state index contributed by atoms with van der Waals surface area (Å²) in [5.74, 6) is 0.666. The molecule has 0 bridgehead atoms. The third-order valence-corrected chi connectivity index (χ3v) is 4.79. The molecule has 1 fully saturated rings. The van der Waals surface area contributed by atoms with Crippen molar-refractivity contribution >= 4 is 33.4 Å². The van der Waals surface area contributed by atoms with E-state index in [-0.39, 0.29) is 31.0 Å². The highest BCUT2D eigenvalue weighted by Gasteiger charge is 2.29. The summed E-state index contributed by atoms with van der Waals surface area (Å²) in [4.78, 5) is 26.0. The molecule has 2 heterocycles. The van der Waals surface area contributed by atoms with Gasteiger partial charge in [0.1, 0.15) is 12.3 Å². The largest absolute Gasteiger partial charge is 0.482 e. The third-order valence-electron chi connectivity index (χ3n) is 4.30. The second kappa shape index (κ2) is 6.88. The molecule has 2 amide bonds. The van der Waals surface area contributed by atoms with Crippen LogP contribution >= 0.6 is 15.9 Å². The molecule has 2 aliphatic heterocycles. The highest BCUT2D eigenvalue weighted by Crippen LogP contribution is 2.34. The number of amides is 2. The van der Waals surface area contributed by atoms with E-state index in [1.54, 1.807) is 6.07 Å². The standard InChI is InChI=1S/C16H20BrN3O3/c1-10-7-18-5-4-12(10)19-15(21)8-20-13-3-2-11(17)6-14(13)23-9-16(20)22/h2-3,6,10,12,18H,4-5,7-9H2,1H3,(H,19,21). The summed E-state index contributed by atoms with van der Waals surface area (Å²) >= 11 is 3.38. The van der Waals surface area contributed by atoms with Crippen molar-refractivity contribution in [1.29, 1.82) is 0 Å². The van der Waals surface area contributed by atoms with Crippen molar-refractivity contribution in [3.05, 3.63) is 22.7 Å². The van der Waals surface area contributed by atoms with Crippen LogP contribution in [0, 0.1) is 5.92 Å². The van der Waals surface area contributed by atoms with E-state index in [0.29, 0.717) is 17.4 Å². The fourth-order valence-electron chi connectivity index (χ4n) is 2.98. The molecule has 3 rings (SSSR count). The average Bonchev–Trinajstić information content (AvgIpc) is 2.52. The molecule has 0 radical (unpaired) electrons. The van der Waals surface area contributed by atoms with Gasteiger partial charge in [-0.3, -0.25) is 14.5 Å². The number of carbonyl (C=O) groups is 2. The van der Waals surface area contributed by atoms with Crippen molar-refractivity contribution in [2.24, 2.45) is 5.92 Å². The smallest absolute Gasteiger partial charge is 0.265 e. The molecule has 0 spiro atoms.